The van der Waals surface area contributed by atoms with Crippen molar-refractivity contribution < 1.29 is 0 Å². The van der Waals surface area contributed by atoms with Crippen LogP contribution in [0.4, 0.5) is 0 Å². The van der Waals surface area contributed by atoms with E-state index in [1.807, 2.05) is 6.20 Å². The third-order valence-corrected chi connectivity index (χ3v) is 6.54. The van der Waals surface area contributed by atoms with Crippen molar-refractivity contribution in [2.75, 3.05) is 52.4 Å². The molecule has 0 unspecified atom stereocenters. The Labute approximate surface area is 146 Å². The standard InChI is InChI=1S/C19H33N5/c1-2-8-22(7-1)12-13-23-10-5-19(6-11-23)4-3-9-24(16-19)15-18-14-20-17-21-18/h14,17H,1-13,15-16H2,(H,20,21). The van der Waals surface area contributed by atoms with Gasteiger partial charge in [-0.3, -0.25) is 4.90 Å². The van der Waals surface area contributed by atoms with Crippen molar-refractivity contribution in [2.45, 2.75) is 45.1 Å². The average Bonchev–Trinajstić information content (AvgIpc) is 3.28. The van der Waals surface area contributed by atoms with Crippen molar-refractivity contribution >= 4 is 0 Å². The van der Waals surface area contributed by atoms with Crippen LogP contribution in [0.15, 0.2) is 12.5 Å². The van der Waals surface area contributed by atoms with Crippen LogP contribution < -0.4 is 0 Å². The van der Waals surface area contributed by atoms with E-state index in [9.17, 15) is 0 Å². The molecule has 3 fully saturated rings. The highest BCUT2D eigenvalue weighted by Gasteiger charge is 2.38. The first-order chi connectivity index (χ1) is 11.8. The maximum absolute atomic E-state index is 4.16. The van der Waals surface area contributed by atoms with Gasteiger partial charge in [-0.1, -0.05) is 0 Å². The highest BCUT2D eigenvalue weighted by Crippen LogP contribution is 2.40. The fourth-order valence-electron chi connectivity index (χ4n) is 5.01. The predicted octanol–water partition coefficient (Wildman–Crippen LogP) is 2.18. The van der Waals surface area contributed by atoms with Gasteiger partial charge in [-0.25, -0.2) is 4.98 Å². The fraction of sp³-hybridized carbons (Fsp3) is 0.842. The normalized spacial score (nSPS) is 26.3. The van der Waals surface area contributed by atoms with Crippen LogP contribution in [-0.4, -0.2) is 77.0 Å². The largest absolute Gasteiger partial charge is 0.347 e. The van der Waals surface area contributed by atoms with Gasteiger partial charge in [0.05, 0.1) is 6.33 Å². The smallest absolute Gasteiger partial charge is 0.0922 e. The molecular weight excluding hydrogens is 298 g/mol. The third kappa shape index (κ3) is 4.01. The van der Waals surface area contributed by atoms with Gasteiger partial charge in [0.2, 0.25) is 0 Å². The lowest BCUT2D eigenvalue weighted by atomic mass is 9.72. The zero-order valence-corrected chi connectivity index (χ0v) is 15.1. The molecule has 1 aromatic rings. The van der Waals surface area contributed by atoms with E-state index in [4.69, 9.17) is 0 Å². The Morgan fingerprint density at radius 1 is 0.875 bits per heavy atom. The summed E-state index contributed by atoms with van der Waals surface area (Å²) in [6.07, 6.45) is 12.2. The Kier molecular flexibility index (Phi) is 5.20. The summed E-state index contributed by atoms with van der Waals surface area (Å²) in [5.74, 6) is 0. The number of H-pyrrole nitrogens is 1. The Morgan fingerprint density at radius 3 is 2.29 bits per heavy atom. The molecule has 5 heteroatoms. The molecule has 4 rings (SSSR count). The lowest BCUT2D eigenvalue weighted by Crippen LogP contribution is -2.50. The Hall–Kier alpha value is -0.910. The van der Waals surface area contributed by atoms with Crippen LogP contribution in [0.3, 0.4) is 0 Å². The summed E-state index contributed by atoms with van der Waals surface area (Å²) in [6, 6.07) is 0. The number of aromatic nitrogens is 2. The number of rotatable bonds is 5. The zero-order valence-electron chi connectivity index (χ0n) is 15.1. The summed E-state index contributed by atoms with van der Waals surface area (Å²) < 4.78 is 0. The van der Waals surface area contributed by atoms with Crippen molar-refractivity contribution in [3.05, 3.63) is 18.2 Å². The van der Waals surface area contributed by atoms with Crippen LogP contribution in [0.25, 0.3) is 0 Å². The number of nitrogens with zero attached hydrogens (tertiary/aromatic N) is 4. The number of piperidine rings is 2. The highest BCUT2D eigenvalue weighted by atomic mass is 15.2. The number of imidazole rings is 1. The van der Waals surface area contributed by atoms with Crippen LogP contribution in [0.2, 0.25) is 0 Å². The molecule has 3 aliphatic rings. The molecule has 1 spiro atoms. The molecule has 0 saturated carbocycles. The minimum Gasteiger partial charge on any atom is -0.347 e. The topological polar surface area (TPSA) is 38.4 Å². The second kappa shape index (κ2) is 7.54. The van der Waals surface area contributed by atoms with E-state index in [0.29, 0.717) is 5.41 Å². The highest BCUT2D eigenvalue weighted by molar-refractivity contribution is 4.97. The van der Waals surface area contributed by atoms with Crippen LogP contribution >= 0.6 is 0 Å². The maximum atomic E-state index is 4.16. The number of aromatic amines is 1. The summed E-state index contributed by atoms with van der Waals surface area (Å²) >= 11 is 0. The first kappa shape index (κ1) is 16.6. The molecule has 0 bridgehead atoms. The predicted molar refractivity (Wildman–Crippen MR) is 96.9 cm³/mol. The second-order valence-electron chi connectivity index (χ2n) is 8.28. The minimum atomic E-state index is 0.586. The maximum Gasteiger partial charge on any atom is 0.0922 e. The van der Waals surface area contributed by atoms with Crippen LogP contribution in [0, 0.1) is 5.41 Å². The molecule has 134 valence electrons. The quantitative estimate of drug-likeness (QED) is 0.897. The first-order valence-electron chi connectivity index (χ1n) is 9.96. The van der Waals surface area contributed by atoms with Crippen LogP contribution in [-0.2, 0) is 6.54 Å². The van der Waals surface area contributed by atoms with Crippen molar-refractivity contribution in [2.24, 2.45) is 5.41 Å². The zero-order chi connectivity index (χ0) is 16.2. The van der Waals surface area contributed by atoms with E-state index in [-0.39, 0.29) is 0 Å². The average molecular weight is 332 g/mol. The van der Waals surface area contributed by atoms with Gasteiger partial charge in [0.1, 0.15) is 0 Å². The van der Waals surface area contributed by atoms with Gasteiger partial charge >= 0.3 is 0 Å². The summed E-state index contributed by atoms with van der Waals surface area (Å²) in [5, 5.41) is 0. The molecule has 0 radical (unpaired) electrons. The van der Waals surface area contributed by atoms with Crippen LogP contribution in [0.1, 0.15) is 44.2 Å². The van der Waals surface area contributed by atoms with Gasteiger partial charge in [-0.05, 0) is 76.7 Å². The third-order valence-electron chi connectivity index (χ3n) is 6.54. The van der Waals surface area contributed by atoms with E-state index < -0.39 is 0 Å². The number of hydrogen-bond donors (Lipinski definition) is 1. The van der Waals surface area contributed by atoms with Gasteiger partial charge in [0, 0.05) is 38.1 Å². The molecule has 3 saturated heterocycles. The summed E-state index contributed by atoms with van der Waals surface area (Å²) in [4.78, 5) is 15.4. The van der Waals surface area contributed by atoms with Crippen molar-refractivity contribution in [1.82, 2.24) is 24.7 Å². The van der Waals surface area contributed by atoms with E-state index in [2.05, 4.69) is 24.7 Å². The Morgan fingerprint density at radius 2 is 1.58 bits per heavy atom. The first-order valence-corrected chi connectivity index (χ1v) is 9.96. The SMILES string of the molecule is c1ncc(CN2CCCC3(CCN(CCN4CCCC4)CC3)C2)[nH]1. The van der Waals surface area contributed by atoms with Gasteiger partial charge in [0.25, 0.3) is 0 Å². The fourth-order valence-corrected chi connectivity index (χ4v) is 5.01. The van der Waals surface area contributed by atoms with Crippen LogP contribution in [0.5, 0.6) is 0 Å². The number of hydrogen-bond acceptors (Lipinski definition) is 4. The Bertz CT molecular complexity index is 486. The molecule has 4 heterocycles. The molecular formula is C19H33N5. The molecule has 0 aliphatic carbocycles. The molecule has 5 nitrogen and oxygen atoms in total. The van der Waals surface area contributed by atoms with Crippen molar-refractivity contribution in [1.29, 1.82) is 0 Å². The van der Waals surface area contributed by atoms with Crippen molar-refractivity contribution in [3.63, 3.8) is 0 Å². The molecule has 3 aliphatic heterocycles. The lowest BCUT2D eigenvalue weighted by molar-refractivity contribution is 0.0185. The summed E-state index contributed by atoms with van der Waals surface area (Å²) in [6.45, 7) is 11.4. The van der Waals surface area contributed by atoms with E-state index in [1.54, 1.807) is 6.33 Å². The summed E-state index contributed by atoms with van der Waals surface area (Å²) in [5.41, 5.74) is 1.85. The number of nitrogens with one attached hydrogen (secondary N) is 1. The molecule has 1 N–H and O–H groups in total. The Balaban J connectivity index is 1.24. The van der Waals surface area contributed by atoms with E-state index >= 15 is 0 Å². The van der Waals surface area contributed by atoms with Gasteiger partial charge < -0.3 is 14.8 Å². The molecule has 0 amide bonds. The molecule has 0 atom stereocenters. The van der Waals surface area contributed by atoms with Gasteiger partial charge in [-0.15, -0.1) is 0 Å². The number of likely N-dealkylation sites (tertiary alicyclic amines) is 3. The second-order valence-corrected chi connectivity index (χ2v) is 8.28. The van der Waals surface area contributed by atoms with Gasteiger partial charge in [-0.2, -0.15) is 0 Å². The molecule has 1 aromatic heterocycles. The minimum absolute atomic E-state index is 0.586. The summed E-state index contributed by atoms with van der Waals surface area (Å²) in [7, 11) is 0. The van der Waals surface area contributed by atoms with E-state index in [0.717, 1.165) is 6.54 Å². The molecule has 24 heavy (non-hydrogen) atoms. The van der Waals surface area contributed by atoms with E-state index in [1.165, 1.54) is 96.6 Å². The van der Waals surface area contributed by atoms with Gasteiger partial charge in [0.15, 0.2) is 0 Å². The monoisotopic (exact) mass is 331 g/mol. The molecule has 0 aromatic carbocycles. The van der Waals surface area contributed by atoms with Crippen molar-refractivity contribution in [3.8, 4) is 0 Å². The lowest BCUT2D eigenvalue weighted by Gasteiger charge is -2.48.